The van der Waals surface area contributed by atoms with Crippen molar-refractivity contribution in [1.29, 1.82) is 0 Å². The maximum Gasteiger partial charge on any atom is 0.233 e. The zero-order valence-electron chi connectivity index (χ0n) is 16.7. The first kappa shape index (κ1) is 20.5. The maximum atomic E-state index is 5.67. The van der Waals surface area contributed by atoms with E-state index in [1.54, 1.807) is 0 Å². The first-order valence-corrected chi connectivity index (χ1v) is 10.9. The van der Waals surface area contributed by atoms with E-state index in [-0.39, 0.29) is 0 Å². The molecule has 1 aromatic heterocycles. The smallest absolute Gasteiger partial charge is 0.233 e. The fourth-order valence-corrected chi connectivity index (χ4v) is 4.09. The molecular weight excluding hydrogens is 414 g/mol. The summed E-state index contributed by atoms with van der Waals surface area (Å²) < 4.78 is 0.783. The van der Waals surface area contributed by atoms with E-state index in [0.29, 0.717) is 17.1 Å². The predicted molar refractivity (Wildman–Crippen MR) is 127 cm³/mol. The Balaban J connectivity index is 1.55. The third-order valence-corrected chi connectivity index (χ3v) is 5.92. The molecule has 0 aliphatic carbocycles. The van der Waals surface area contributed by atoms with Crippen LogP contribution in [0.4, 0.5) is 23.3 Å². The van der Waals surface area contributed by atoms with Crippen LogP contribution in [0.15, 0.2) is 65.8 Å². The largest absolute Gasteiger partial charge is 0.355 e. The van der Waals surface area contributed by atoms with E-state index in [1.165, 1.54) is 11.8 Å². The van der Waals surface area contributed by atoms with Crippen LogP contribution in [0.25, 0.3) is 0 Å². The van der Waals surface area contributed by atoms with Crippen molar-refractivity contribution in [2.24, 2.45) is 0 Å². The second-order valence-corrected chi connectivity index (χ2v) is 8.51. The standard InChI is InChI=1S/C21H23N7S2/c1-27-12-14-28(15-13-27)21(29)30-20-25-18(22-16-8-4-2-5-9-16)24-19(26-20)23-17-10-6-3-7-11-17/h2-11H,12-15H2,1H3,(H2,22,23,24,25,26). The summed E-state index contributed by atoms with van der Waals surface area (Å²) in [5, 5.41) is 7.06. The van der Waals surface area contributed by atoms with Gasteiger partial charge in [0.1, 0.15) is 4.32 Å². The number of nitrogens with one attached hydrogen (secondary N) is 2. The van der Waals surface area contributed by atoms with Gasteiger partial charge in [0.15, 0.2) is 0 Å². The molecule has 30 heavy (non-hydrogen) atoms. The van der Waals surface area contributed by atoms with Gasteiger partial charge < -0.3 is 20.4 Å². The van der Waals surface area contributed by atoms with Crippen molar-refractivity contribution in [3.8, 4) is 0 Å². The summed E-state index contributed by atoms with van der Waals surface area (Å²) in [5.41, 5.74) is 1.82. The Morgan fingerprint density at radius 2 is 1.30 bits per heavy atom. The van der Waals surface area contributed by atoms with Gasteiger partial charge in [-0.25, -0.2) is 0 Å². The summed E-state index contributed by atoms with van der Waals surface area (Å²) in [6, 6.07) is 19.7. The van der Waals surface area contributed by atoms with Crippen LogP contribution in [-0.4, -0.2) is 62.3 Å². The molecule has 0 saturated carbocycles. The molecule has 0 atom stereocenters. The van der Waals surface area contributed by atoms with Crippen LogP contribution < -0.4 is 10.6 Å². The number of aromatic nitrogens is 3. The molecule has 7 nitrogen and oxygen atoms in total. The lowest BCUT2D eigenvalue weighted by Gasteiger charge is -2.33. The summed E-state index contributed by atoms with van der Waals surface area (Å²) >= 11 is 7.07. The van der Waals surface area contributed by atoms with Gasteiger partial charge >= 0.3 is 0 Å². The topological polar surface area (TPSA) is 69.2 Å². The average Bonchev–Trinajstić information content (AvgIpc) is 2.75. The zero-order chi connectivity index (χ0) is 20.8. The van der Waals surface area contributed by atoms with Crippen LogP contribution in [0, 0.1) is 0 Å². The molecule has 1 aliphatic rings. The van der Waals surface area contributed by atoms with Gasteiger partial charge in [-0.15, -0.1) is 0 Å². The molecule has 0 radical (unpaired) electrons. The monoisotopic (exact) mass is 437 g/mol. The molecule has 1 aliphatic heterocycles. The van der Waals surface area contributed by atoms with Crippen molar-refractivity contribution in [3.63, 3.8) is 0 Å². The van der Waals surface area contributed by atoms with Gasteiger partial charge in [0.2, 0.25) is 17.1 Å². The highest BCUT2D eigenvalue weighted by Gasteiger charge is 2.19. The van der Waals surface area contributed by atoms with Gasteiger partial charge in [-0.05, 0) is 43.1 Å². The van der Waals surface area contributed by atoms with Gasteiger partial charge in [0, 0.05) is 37.6 Å². The van der Waals surface area contributed by atoms with Crippen LogP contribution in [0.5, 0.6) is 0 Å². The Morgan fingerprint density at radius 1 is 0.800 bits per heavy atom. The number of likely N-dealkylation sites (N-methyl/N-ethyl adjacent to an activating group) is 1. The van der Waals surface area contributed by atoms with Gasteiger partial charge in [-0.1, -0.05) is 48.6 Å². The van der Waals surface area contributed by atoms with Gasteiger partial charge in [-0.2, -0.15) is 15.0 Å². The Kier molecular flexibility index (Phi) is 6.73. The third-order valence-electron chi connectivity index (χ3n) is 4.61. The SMILES string of the molecule is CN1CCN(C(=S)Sc2nc(Nc3ccccc3)nc(Nc3ccccc3)n2)CC1. The number of hydrogen-bond donors (Lipinski definition) is 2. The second-order valence-electron chi connectivity index (χ2n) is 6.91. The number of benzene rings is 2. The minimum atomic E-state index is 0.471. The minimum absolute atomic E-state index is 0.471. The first-order valence-electron chi connectivity index (χ1n) is 9.71. The van der Waals surface area contributed by atoms with E-state index >= 15 is 0 Å². The van der Waals surface area contributed by atoms with Crippen LogP contribution in [0.2, 0.25) is 0 Å². The van der Waals surface area contributed by atoms with Gasteiger partial charge in [-0.3, -0.25) is 0 Å². The first-order chi connectivity index (χ1) is 14.7. The summed E-state index contributed by atoms with van der Waals surface area (Å²) in [6.07, 6.45) is 0. The molecule has 1 fully saturated rings. The minimum Gasteiger partial charge on any atom is -0.355 e. The Hall–Kier alpha value is -2.75. The van der Waals surface area contributed by atoms with E-state index < -0.39 is 0 Å². The summed E-state index contributed by atoms with van der Waals surface area (Å²) in [5.74, 6) is 0.941. The highest BCUT2D eigenvalue weighted by Crippen LogP contribution is 2.24. The summed E-state index contributed by atoms with van der Waals surface area (Å²) in [6.45, 7) is 3.83. The number of piperazine rings is 1. The normalized spacial score (nSPS) is 14.4. The molecule has 2 heterocycles. The average molecular weight is 438 g/mol. The molecule has 3 aromatic rings. The number of thioether (sulfide) groups is 1. The fourth-order valence-electron chi connectivity index (χ4n) is 2.95. The molecule has 0 bridgehead atoms. The van der Waals surface area contributed by atoms with Crippen molar-refractivity contribution < 1.29 is 0 Å². The quantitative estimate of drug-likeness (QED) is 0.455. The molecule has 4 rings (SSSR count). The number of anilines is 4. The lowest BCUT2D eigenvalue weighted by Crippen LogP contribution is -2.45. The molecular formula is C21H23N7S2. The van der Waals surface area contributed by atoms with Crippen LogP contribution in [-0.2, 0) is 0 Å². The van der Waals surface area contributed by atoms with Gasteiger partial charge in [0.05, 0.1) is 0 Å². The molecule has 1 saturated heterocycles. The number of nitrogens with zero attached hydrogens (tertiary/aromatic N) is 5. The van der Waals surface area contributed by atoms with Crippen molar-refractivity contribution in [3.05, 3.63) is 60.7 Å². The number of para-hydroxylation sites is 2. The number of thiocarbonyl (C=S) groups is 1. The summed E-state index contributed by atoms with van der Waals surface area (Å²) in [7, 11) is 2.13. The van der Waals surface area contributed by atoms with E-state index in [1.807, 2.05) is 60.7 Å². The second kappa shape index (κ2) is 9.84. The fraction of sp³-hybridized carbons (Fsp3) is 0.238. The molecule has 2 N–H and O–H groups in total. The van der Waals surface area contributed by atoms with Gasteiger partial charge in [0.25, 0.3) is 0 Å². The predicted octanol–water partition coefficient (Wildman–Crippen LogP) is 3.98. The maximum absolute atomic E-state index is 5.67. The third kappa shape index (κ3) is 5.65. The molecule has 2 aromatic carbocycles. The summed E-state index contributed by atoms with van der Waals surface area (Å²) in [4.78, 5) is 18.2. The Morgan fingerprint density at radius 3 is 1.80 bits per heavy atom. The molecule has 9 heteroatoms. The lowest BCUT2D eigenvalue weighted by atomic mass is 10.3. The molecule has 0 spiro atoms. The van der Waals surface area contributed by atoms with Crippen molar-refractivity contribution >= 4 is 51.6 Å². The molecule has 0 unspecified atom stereocenters. The van der Waals surface area contributed by atoms with Crippen LogP contribution >= 0.6 is 24.0 Å². The number of hydrogen-bond acceptors (Lipinski definition) is 8. The lowest BCUT2D eigenvalue weighted by molar-refractivity contribution is 0.220. The number of rotatable bonds is 5. The Labute approximate surface area is 185 Å². The molecule has 154 valence electrons. The van der Waals surface area contributed by atoms with Crippen molar-refractivity contribution in [2.45, 2.75) is 5.16 Å². The van der Waals surface area contributed by atoms with Crippen LogP contribution in [0.3, 0.4) is 0 Å². The van der Waals surface area contributed by atoms with E-state index in [2.05, 4.69) is 42.4 Å². The van der Waals surface area contributed by atoms with E-state index in [4.69, 9.17) is 12.2 Å². The molecule has 0 amide bonds. The van der Waals surface area contributed by atoms with E-state index in [9.17, 15) is 0 Å². The van der Waals surface area contributed by atoms with Crippen molar-refractivity contribution in [1.82, 2.24) is 24.8 Å². The van der Waals surface area contributed by atoms with Crippen molar-refractivity contribution in [2.75, 3.05) is 43.9 Å². The Bertz CT molecular complexity index is 917. The zero-order valence-corrected chi connectivity index (χ0v) is 18.3. The highest BCUT2D eigenvalue weighted by atomic mass is 32.2. The van der Waals surface area contributed by atoms with Crippen LogP contribution in [0.1, 0.15) is 0 Å². The van der Waals surface area contributed by atoms with E-state index in [0.717, 1.165) is 41.9 Å². The highest BCUT2D eigenvalue weighted by molar-refractivity contribution is 8.22.